The van der Waals surface area contributed by atoms with E-state index in [0.717, 1.165) is 6.20 Å². The Labute approximate surface area is 77.4 Å². The maximum absolute atomic E-state index is 12.5. The van der Waals surface area contributed by atoms with E-state index >= 15 is 0 Å². The first kappa shape index (κ1) is 10.1. The number of aromatic nitrogens is 1. The van der Waals surface area contributed by atoms with Crippen LogP contribution in [0.1, 0.15) is 32.1 Å². The summed E-state index contributed by atoms with van der Waals surface area (Å²) >= 11 is 0. The minimum absolute atomic E-state index is 0.375. The Morgan fingerprint density at radius 2 is 2.15 bits per heavy atom. The molecule has 3 heteroatoms. The molecule has 0 aliphatic rings. The van der Waals surface area contributed by atoms with Gasteiger partial charge in [-0.05, 0) is 24.5 Å². The summed E-state index contributed by atoms with van der Waals surface area (Å²) in [4.78, 5) is 3.81. The first-order valence-electron chi connectivity index (χ1n) is 4.39. The standard InChI is InChI=1S/C10H14FNO/c1-7(2)5-10(13)9-4-3-8(11)6-12-9/h3-4,6-7,10,13H,5H2,1-2H3. The molecule has 1 N–H and O–H groups in total. The third-order valence-corrected chi connectivity index (χ3v) is 1.79. The number of hydrogen-bond acceptors (Lipinski definition) is 2. The van der Waals surface area contributed by atoms with Crippen molar-refractivity contribution in [3.63, 3.8) is 0 Å². The third kappa shape index (κ3) is 3.11. The van der Waals surface area contributed by atoms with Gasteiger partial charge in [-0.1, -0.05) is 13.8 Å². The lowest BCUT2D eigenvalue weighted by Crippen LogP contribution is -2.03. The fraction of sp³-hybridized carbons (Fsp3) is 0.500. The van der Waals surface area contributed by atoms with Crippen molar-refractivity contribution in [2.45, 2.75) is 26.4 Å². The van der Waals surface area contributed by atoms with Crippen LogP contribution >= 0.6 is 0 Å². The van der Waals surface area contributed by atoms with Crippen molar-refractivity contribution in [1.29, 1.82) is 0 Å². The van der Waals surface area contributed by atoms with Crippen LogP contribution in [0.4, 0.5) is 4.39 Å². The summed E-state index contributed by atoms with van der Waals surface area (Å²) in [5.41, 5.74) is 0.537. The van der Waals surface area contributed by atoms with Crippen LogP contribution in [0, 0.1) is 11.7 Å². The molecule has 1 atom stereocenters. The van der Waals surface area contributed by atoms with Crippen LogP contribution in [0.25, 0.3) is 0 Å². The van der Waals surface area contributed by atoms with Crippen LogP contribution in [-0.4, -0.2) is 10.1 Å². The van der Waals surface area contributed by atoms with E-state index < -0.39 is 6.10 Å². The molecule has 1 aromatic rings. The zero-order valence-corrected chi connectivity index (χ0v) is 7.87. The van der Waals surface area contributed by atoms with Crippen molar-refractivity contribution in [2.75, 3.05) is 0 Å². The van der Waals surface area contributed by atoms with Crippen LogP contribution in [0.3, 0.4) is 0 Å². The zero-order valence-electron chi connectivity index (χ0n) is 7.87. The lowest BCUT2D eigenvalue weighted by atomic mass is 10.0. The molecule has 0 aliphatic carbocycles. The fourth-order valence-corrected chi connectivity index (χ4v) is 1.15. The third-order valence-electron chi connectivity index (χ3n) is 1.79. The highest BCUT2D eigenvalue weighted by Crippen LogP contribution is 2.18. The first-order chi connectivity index (χ1) is 6.09. The van der Waals surface area contributed by atoms with Gasteiger partial charge in [-0.25, -0.2) is 4.39 Å². The lowest BCUT2D eigenvalue weighted by Gasteiger charge is -2.11. The number of pyridine rings is 1. The molecule has 1 unspecified atom stereocenters. The zero-order chi connectivity index (χ0) is 9.84. The molecular formula is C10H14FNO. The Kier molecular flexibility index (Phi) is 3.37. The number of nitrogens with zero attached hydrogens (tertiary/aromatic N) is 1. The average Bonchev–Trinajstić information content (AvgIpc) is 2.04. The summed E-state index contributed by atoms with van der Waals surface area (Å²) in [5, 5.41) is 9.60. The molecule has 1 aromatic heterocycles. The van der Waals surface area contributed by atoms with Gasteiger partial charge in [0.25, 0.3) is 0 Å². The van der Waals surface area contributed by atoms with Crippen molar-refractivity contribution < 1.29 is 9.50 Å². The molecule has 0 aromatic carbocycles. The van der Waals surface area contributed by atoms with Crippen molar-refractivity contribution in [3.05, 3.63) is 29.8 Å². The molecule has 1 heterocycles. The second kappa shape index (κ2) is 4.33. The Bertz CT molecular complexity index is 258. The summed E-state index contributed by atoms with van der Waals surface area (Å²) in [7, 11) is 0. The quantitative estimate of drug-likeness (QED) is 0.780. The fourth-order valence-electron chi connectivity index (χ4n) is 1.15. The number of halogens is 1. The Hall–Kier alpha value is -0.960. The molecule has 0 amide bonds. The minimum Gasteiger partial charge on any atom is -0.387 e. The van der Waals surface area contributed by atoms with E-state index in [2.05, 4.69) is 4.98 Å². The second-order valence-corrected chi connectivity index (χ2v) is 3.55. The van der Waals surface area contributed by atoms with Crippen molar-refractivity contribution in [2.24, 2.45) is 5.92 Å². The van der Waals surface area contributed by atoms with Crippen LogP contribution in [0.2, 0.25) is 0 Å². The summed E-state index contributed by atoms with van der Waals surface area (Å²) < 4.78 is 12.5. The van der Waals surface area contributed by atoms with Gasteiger partial charge in [-0.3, -0.25) is 4.98 Å². The number of aliphatic hydroxyl groups is 1. The predicted molar refractivity (Wildman–Crippen MR) is 48.6 cm³/mol. The van der Waals surface area contributed by atoms with Gasteiger partial charge in [-0.15, -0.1) is 0 Å². The summed E-state index contributed by atoms with van der Waals surface area (Å²) in [6.07, 6.45) is 1.19. The number of aliphatic hydroxyl groups excluding tert-OH is 1. The van der Waals surface area contributed by atoms with Gasteiger partial charge in [0.05, 0.1) is 18.0 Å². The largest absolute Gasteiger partial charge is 0.387 e. The highest BCUT2D eigenvalue weighted by molar-refractivity contribution is 5.07. The van der Waals surface area contributed by atoms with Gasteiger partial charge in [0.2, 0.25) is 0 Å². The highest BCUT2D eigenvalue weighted by atomic mass is 19.1. The van der Waals surface area contributed by atoms with Gasteiger partial charge in [-0.2, -0.15) is 0 Å². The molecule has 72 valence electrons. The maximum atomic E-state index is 12.5. The van der Waals surface area contributed by atoms with Gasteiger partial charge in [0.1, 0.15) is 5.82 Å². The smallest absolute Gasteiger partial charge is 0.141 e. The Morgan fingerprint density at radius 1 is 1.46 bits per heavy atom. The molecule has 0 saturated carbocycles. The van der Waals surface area contributed by atoms with E-state index in [-0.39, 0.29) is 5.82 Å². The molecule has 0 radical (unpaired) electrons. The van der Waals surface area contributed by atoms with E-state index in [1.165, 1.54) is 12.1 Å². The Morgan fingerprint density at radius 3 is 2.62 bits per heavy atom. The van der Waals surface area contributed by atoms with Crippen LogP contribution in [-0.2, 0) is 0 Å². The molecule has 2 nitrogen and oxygen atoms in total. The monoisotopic (exact) mass is 183 g/mol. The maximum Gasteiger partial charge on any atom is 0.141 e. The second-order valence-electron chi connectivity index (χ2n) is 3.55. The molecule has 1 rings (SSSR count). The van der Waals surface area contributed by atoms with Crippen molar-refractivity contribution >= 4 is 0 Å². The van der Waals surface area contributed by atoms with Crippen LogP contribution < -0.4 is 0 Å². The number of hydrogen-bond donors (Lipinski definition) is 1. The van der Waals surface area contributed by atoms with Gasteiger partial charge >= 0.3 is 0 Å². The van der Waals surface area contributed by atoms with E-state index in [1.807, 2.05) is 13.8 Å². The molecule has 0 saturated heterocycles. The van der Waals surface area contributed by atoms with Gasteiger partial charge in [0.15, 0.2) is 0 Å². The van der Waals surface area contributed by atoms with E-state index in [0.29, 0.717) is 18.0 Å². The molecular weight excluding hydrogens is 169 g/mol. The van der Waals surface area contributed by atoms with Gasteiger partial charge < -0.3 is 5.11 Å². The van der Waals surface area contributed by atoms with Crippen LogP contribution in [0.5, 0.6) is 0 Å². The van der Waals surface area contributed by atoms with E-state index in [4.69, 9.17) is 0 Å². The minimum atomic E-state index is -0.583. The Balaban J connectivity index is 2.66. The molecule has 0 fully saturated rings. The first-order valence-corrected chi connectivity index (χ1v) is 4.39. The normalized spacial score (nSPS) is 13.3. The average molecular weight is 183 g/mol. The summed E-state index contributed by atoms with van der Waals surface area (Å²) in [6, 6.07) is 2.83. The summed E-state index contributed by atoms with van der Waals surface area (Å²) in [5.74, 6) is 0.0300. The van der Waals surface area contributed by atoms with Crippen molar-refractivity contribution in [3.8, 4) is 0 Å². The lowest BCUT2D eigenvalue weighted by molar-refractivity contribution is 0.146. The van der Waals surface area contributed by atoms with E-state index in [1.54, 1.807) is 0 Å². The van der Waals surface area contributed by atoms with E-state index in [9.17, 15) is 9.50 Å². The van der Waals surface area contributed by atoms with Gasteiger partial charge in [0, 0.05) is 0 Å². The molecule has 0 spiro atoms. The van der Waals surface area contributed by atoms with Crippen LogP contribution in [0.15, 0.2) is 18.3 Å². The predicted octanol–water partition coefficient (Wildman–Crippen LogP) is 2.30. The molecule has 0 bridgehead atoms. The highest BCUT2D eigenvalue weighted by Gasteiger charge is 2.10. The van der Waals surface area contributed by atoms with Crippen molar-refractivity contribution in [1.82, 2.24) is 4.98 Å². The SMILES string of the molecule is CC(C)CC(O)c1ccc(F)cn1. The topological polar surface area (TPSA) is 33.1 Å². The molecule has 0 aliphatic heterocycles. The number of rotatable bonds is 3. The molecule has 13 heavy (non-hydrogen) atoms. The summed E-state index contributed by atoms with van der Waals surface area (Å²) in [6.45, 7) is 4.04.